The summed E-state index contributed by atoms with van der Waals surface area (Å²) in [6, 6.07) is 0.931. The molecule has 1 N–H and O–H groups in total. The van der Waals surface area contributed by atoms with Crippen molar-refractivity contribution in [1.82, 2.24) is 14.3 Å². The van der Waals surface area contributed by atoms with Gasteiger partial charge in [0.05, 0.1) is 0 Å². The quantitative estimate of drug-likeness (QED) is 0.435. The lowest BCUT2D eigenvalue weighted by atomic mass is 10.5. The fourth-order valence-electron chi connectivity index (χ4n) is 1.48. The molecule has 0 fully saturated rings. The molecule has 0 saturated carbocycles. The lowest BCUT2D eigenvalue weighted by Gasteiger charge is -2.16. The average molecular weight is 354 g/mol. The number of sulfonamides is 1. The van der Waals surface area contributed by atoms with Crippen LogP contribution in [-0.4, -0.2) is 46.0 Å². The van der Waals surface area contributed by atoms with Gasteiger partial charge in [-0.3, -0.25) is 9.36 Å². The summed E-state index contributed by atoms with van der Waals surface area (Å²) in [5.74, 6) is 0. The second-order valence-electron chi connectivity index (χ2n) is 5.67. The van der Waals surface area contributed by atoms with Crippen LogP contribution in [0.4, 0.5) is 0 Å². The maximum Gasteiger partial charge on any atom is 0.274 e. The molecule has 0 aromatic carbocycles. The molecule has 0 aliphatic carbocycles. The van der Waals surface area contributed by atoms with Crippen LogP contribution in [0.2, 0.25) is 30.8 Å². The minimum Gasteiger partial charge on any atom is -0.361 e. The van der Waals surface area contributed by atoms with Crippen molar-refractivity contribution < 1.29 is 17.9 Å². The van der Waals surface area contributed by atoms with Crippen molar-refractivity contribution in [3.05, 3.63) is 10.8 Å². The Morgan fingerprint density at radius 2 is 2.05 bits per heavy atom. The molecule has 1 rings (SSSR count). The van der Waals surface area contributed by atoms with E-state index in [0.717, 1.165) is 10.6 Å². The molecule has 0 amide bonds. The number of nitrogens with one attached hydrogen (secondary N) is 1. The van der Waals surface area contributed by atoms with Gasteiger partial charge in [0.1, 0.15) is 12.4 Å². The van der Waals surface area contributed by atoms with E-state index in [4.69, 9.17) is 16.3 Å². The van der Waals surface area contributed by atoms with Gasteiger partial charge in [0.2, 0.25) is 5.16 Å². The van der Waals surface area contributed by atoms with E-state index in [-0.39, 0.29) is 22.7 Å². The second kappa shape index (κ2) is 7.01. The highest BCUT2D eigenvalue weighted by atomic mass is 35.5. The van der Waals surface area contributed by atoms with Crippen LogP contribution in [0.5, 0.6) is 0 Å². The first-order valence-electron chi connectivity index (χ1n) is 6.35. The van der Waals surface area contributed by atoms with Crippen molar-refractivity contribution in [3.8, 4) is 0 Å². The van der Waals surface area contributed by atoms with Gasteiger partial charge in [0.25, 0.3) is 10.0 Å². The van der Waals surface area contributed by atoms with Gasteiger partial charge in [-0.1, -0.05) is 31.2 Å². The molecule has 0 atom stereocenters. The van der Waals surface area contributed by atoms with E-state index in [0.29, 0.717) is 12.9 Å². The van der Waals surface area contributed by atoms with Crippen LogP contribution in [0.3, 0.4) is 0 Å². The zero-order chi connectivity index (χ0) is 16.3. The number of halogens is 1. The molecule has 0 bridgehead atoms. The molecule has 0 aliphatic rings. The van der Waals surface area contributed by atoms with Crippen LogP contribution < -0.4 is 4.72 Å². The summed E-state index contributed by atoms with van der Waals surface area (Å²) in [7, 11) is -3.81. The number of nitrogens with zero attached hydrogens (tertiary/aromatic N) is 2. The Balaban J connectivity index is 2.97. The predicted octanol–water partition coefficient (Wildman–Crippen LogP) is 1.57. The van der Waals surface area contributed by atoms with Gasteiger partial charge < -0.3 is 4.74 Å². The van der Waals surface area contributed by atoms with Crippen LogP contribution in [-0.2, 0) is 21.5 Å². The molecule has 0 aliphatic heterocycles. The highest BCUT2D eigenvalue weighted by Crippen LogP contribution is 2.19. The molecular weight excluding hydrogens is 334 g/mol. The first kappa shape index (κ1) is 18.3. The third-order valence-corrected chi connectivity index (χ3v) is 6.08. The number of aromatic nitrogens is 2. The average Bonchev–Trinajstić information content (AvgIpc) is 2.70. The highest BCUT2D eigenvalue weighted by molar-refractivity contribution is 7.89. The molecular formula is C11H20ClN3O4SSi. The van der Waals surface area contributed by atoms with Crippen molar-refractivity contribution in [2.45, 2.75) is 37.6 Å². The van der Waals surface area contributed by atoms with E-state index < -0.39 is 18.1 Å². The molecule has 120 valence electrons. The summed E-state index contributed by atoms with van der Waals surface area (Å²) in [5.41, 5.74) is -0.0153. The Hall–Kier alpha value is -0.743. The van der Waals surface area contributed by atoms with E-state index in [9.17, 15) is 13.2 Å². The van der Waals surface area contributed by atoms with Crippen molar-refractivity contribution in [2.75, 3.05) is 13.7 Å². The monoisotopic (exact) mass is 353 g/mol. The van der Waals surface area contributed by atoms with Crippen LogP contribution >= 0.6 is 11.6 Å². The molecule has 21 heavy (non-hydrogen) atoms. The summed E-state index contributed by atoms with van der Waals surface area (Å²) in [6.07, 6.45) is 0.464. The first-order valence-corrected chi connectivity index (χ1v) is 11.9. The van der Waals surface area contributed by atoms with Gasteiger partial charge in [-0.05, 0) is 13.1 Å². The van der Waals surface area contributed by atoms with Crippen molar-refractivity contribution in [2.24, 2.45) is 0 Å². The third kappa shape index (κ3) is 4.89. The third-order valence-electron chi connectivity index (χ3n) is 2.76. The number of carbonyl (C=O) groups is 1. The predicted molar refractivity (Wildman–Crippen MR) is 83.0 cm³/mol. The maximum atomic E-state index is 11.9. The fraction of sp³-hybridized carbons (Fsp3) is 0.636. The van der Waals surface area contributed by atoms with Gasteiger partial charge in [-0.2, -0.15) is 0 Å². The van der Waals surface area contributed by atoms with Crippen molar-refractivity contribution in [3.63, 3.8) is 0 Å². The van der Waals surface area contributed by atoms with E-state index in [2.05, 4.69) is 29.3 Å². The number of imidazole rings is 1. The van der Waals surface area contributed by atoms with Gasteiger partial charge >= 0.3 is 0 Å². The zero-order valence-corrected chi connectivity index (χ0v) is 15.1. The number of rotatable bonds is 8. The van der Waals surface area contributed by atoms with E-state index in [1.165, 1.54) is 7.05 Å². The Bertz CT molecular complexity index is 610. The molecule has 1 aromatic heterocycles. The number of hydrogen-bond acceptors (Lipinski definition) is 5. The Morgan fingerprint density at radius 3 is 2.52 bits per heavy atom. The molecule has 10 heteroatoms. The second-order valence-corrected chi connectivity index (χ2v) is 13.4. The molecule has 0 unspecified atom stereocenters. The smallest absolute Gasteiger partial charge is 0.274 e. The Morgan fingerprint density at radius 1 is 1.43 bits per heavy atom. The Kier molecular flexibility index (Phi) is 6.11. The molecule has 0 spiro atoms. The lowest BCUT2D eigenvalue weighted by molar-refractivity contribution is 0.0776. The topological polar surface area (TPSA) is 90.3 Å². The largest absolute Gasteiger partial charge is 0.361 e. The summed E-state index contributed by atoms with van der Waals surface area (Å²) in [6.45, 7) is 7.02. The minimum atomic E-state index is -3.82. The fourth-order valence-corrected chi connectivity index (χ4v) is 3.35. The van der Waals surface area contributed by atoms with E-state index in [1.54, 1.807) is 0 Å². The summed E-state index contributed by atoms with van der Waals surface area (Å²) in [5, 5.41) is -0.488. The number of hydrogen-bond donors (Lipinski definition) is 1. The van der Waals surface area contributed by atoms with Gasteiger partial charge in [0.15, 0.2) is 11.4 Å². The molecule has 0 saturated heterocycles. The number of aldehydes is 1. The van der Waals surface area contributed by atoms with Gasteiger partial charge in [-0.15, -0.1) is 0 Å². The summed E-state index contributed by atoms with van der Waals surface area (Å²) < 4.78 is 32.5. The van der Waals surface area contributed by atoms with Crippen molar-refractivity contribution in [1.29, 1.82) is 0 Å². The van der Waals surface area contributed by atoms with Crippen LogP contribution in [0, 0.1) is 0 Å². The van der Waals surface area contributed by atoms with Crippen LogP contribution in [0.1, 0.15) is 10.5 Å². The molecule has 0 radical (unpaired) electrons. The molecule has 7 nitrogen and oxygen atoms in total. The summed E-state index contributed by atoms with van der Waals surface area (Å²) in [4.78, 5) is 14.8. The highest BCUT2D eigenvalue weighted by Gasteiger charge is 2.25. The van der Waals surface area contributed by atoms with E-state index in [1.807, 2.05) is 0 Å². The van der Waals surface area contributed by atoms with Gasteiger partial charge in [0, 0.05) is 14.7 Å². The Labute approximate surface area is 130 Å². The lowest BCUT2D eigenvalue weighted by Crippen LogP contribution is -2.25. The van der Waals surface area contributed by atoms with Gasteiger partial charge in [-0.25, -0.2) is 18.1 Å². The molecule has 1 aromatic rings. The van der Waals surface area contributed by atoms with Crippen LogP contribution in [0.25, 0.3) is 0 Å². The summed E-state index contributed by atoms with van der Waals surface area (Å²) >= 11 is 5.79. The normalized spacial score (nSPS) is 12.6. The number of carbonyl (C=O) groups excluding carboxylic acids is 1. The molecule has 1 heterocycles. The first-order chi connectivity index (χ1) is 9.62. The minimum absolute atomic E-state index is 0.0153. The number of ether oxygens (including phenoxy) is 1. The van der Waals surface area contributed by atoms with Crippen LogP contribution in [0.15, 0.2) is 5.16 Å². The maximum absolute atomic E-state index is 11.9. The zero-order valence-electron chi connectivity index (χ0n) is 12.5. The SMILES string of the molecule is CNS(=O)(=O)c1nc(Cl)c(C=O)n1COCC[Si](C)(C)C. The standard InChI is InChI=1S/C11H20ClN3O4SSi/c1-13-20(17,18)11-14-10(12)9(7-16)15(11)8-19-5-6-21(2,3)4/h7,13H,5-6,8H2,1-4H3. The van der Waals surface area contributed by atoms with E-state index >= 15 is 0 Å². The van der Waals surface area contributed by atoms with Crippen molar-refractivity contribution >= 4 is 36.0 Å².